The van der Waals surface area contributed by atoms with Gasteiger partial charge in [0.1, 0.15) is 11.6 Å². The van der Waals surface area contributed by atoms with Gasteiger partial charge in [0.05, 0.1) is 11.5 Å². The standard InChI is InChI=1S/C18H12FNO5/c19-11-7-5-10(6-8-11)14(9-20(24)25)15-16(21)12-3-1-2-4-13(12)17(22)18(15)23/h1-8,14,21H,9H2. The van der Waals surface area contributed by atoms with Gasteiger partial charge >= 0.3 is 0 Å². The molecule has 0 amide bonds. The molecule has 3 rings (SSSR count). The van der Waals surface area contributed by atoms with Crippen molar-refractivity contribution in [1.82, 2.24) is 0 Å². The van der Waals surface area contributed by atoms with E-state index in [0.29, 0.717) is 0 Å². The van der Waals surface area contributed by atoms with Gasteiger partial charge in [0, 0.05) is 16.1 Å². The molecule has 2 aromatic rings. The highest BCUT2D eigenvalue weighted by molar-refractivity contribution is 6.52. The molecule has 0 spiro atoms. The summed E-state index contributed by atoms with van der Waals surface area (Å²) >= 11 is 0. The third-order valence-corrected chi connectivity index (χ3v) is 4.09. The highest BCUT2D eigenvalue weighted by Gasteiger charge is 2.39. The molecule has 0 bridgehead atoms. The molecule has 1 N–H and O–H groups in total. The lowest BCUT2D eigenvalue weighted by Gasteiger charge is -2.22. The summed E-state index contributed by atoms with van der Waals surface area (Å²) in [6.07, 6.45) is 0. The van der Waals surface area contributed by atoms with Crippen LogP contribution in [0.4, 0.5) is 4.39 Å². The SMILES string of the molecule is O=C1C(=O)c2ccccc2C(O)=C1C(C[N+](=O)[O-])c1ccc(F)cc1. The summed E-state index contributed by atoms with van der Waals surface area (Å²) in [5.41, 5.74) is 0.123. The van der Waals surface area contributed by atoms with Gasteiger partial charge < -0.3 is 5.11 Å². The number of benzene rings is 2. The van der Waals surface area contributed by atoms with E-state index in [9.17, 15) is 29.2 Å². The zero-order chi connectivity index (χ0) is 18.1. The Bertz CT molecular complexity index is 917. The smallest absolute Gasteiger partial charge is 0.234 e. The Labute approximate surface area is 141 Å². The van der Waals surface area contributed by atoms with E-state index in [1.807, 2.05) is 0 Å². The van der Waals surface area contributed by atoms with Crippen molar-refractivity contribution >= 4 is 17.3 Å². The van der Waals surface area contributed by atoms with Crippen molar-refractivity contribution in [2.75, 3.05) is 6.54 Å². The Morgan fingerprint density at radius 3 is 2.20 bits per heavy atom. The number of rotatable bonds is 4. The molecule has 1 atom stereocenters. The number of nitrogens with zero attached hydrogens (tertiary/aromatic N) is 1. The Balaban J connectivity index is 2.20. The maximum absolute atomic E-state index is 13.2. The molecule has 0 aliphatic heterocycles. The van der Waals surface area contributed by atoms with Gasteiger partial charge in [-0.25, -0.2) is 4.39 Å². The fourth-order valence-corrected chi connectivity index (χ4v) is 2.92. The second kappa shape index (κ2) is 6.27. The number of Topliss-reactive ketones (excluding diaryl/α,β-unsaturated/α-hetero) is 2. The molecule has 0 fully saturated rings. The summed E-state index contributed by atoms with van der Waals surface area (Å²) in [6.45, 7) is -0.716. The van der Waals surface area contributed by atoms with Gasteiger partial charge in [0.2, 0.25) is 18.1 Å². The number of aliphatic hydroxyl groups is 1. The number of fused-ring (bicyclic) bond motifs is 1. The summed E-state index contributed by atoms with van der Waals surface area (Å²) < 4.78 is 13.2. The lowest BCUT2D eigenvalue weighted by atomic mass is 9.79. The molecule has 2 aromatic carbocycles. The molecule has 0 radical (unpaired) electrons. The third kappa shape index (κ3) is 2.91. The summed E-state index contributed by atoms with van der Waals surface area (Å²) in [4.78, 5) is 35.2. The van der Waals surface area contributed by atoms with Crippen LogP contribution in [0, 0.1) is 15.9 Å². The fraction of sp³-hybridized carbons (Fsp3) is 0.111. The van der Waals surface area contributed by atoms with Crippen molar-refractivity contribution in [2.45, 2.75) is 5.92 Å². The quantitative estimate of drug-likeness (QED) is 0.524. The maximum Gasteiger partial charge on any atom is 0.234 e. The van der Waals surface area contributed by atoms with Gasteiger partial charge in [-0.3, -0.25) is 19.7 Å². The average molecular weight is 341 g/mol. The van der Waals surface area contributed by atoms with E-state index in [4.69, 9.17) is 0 Å². The van der Waals surface area contributed by atoms with Crippen LogP contribution in [-0.2, 0) is 4.79 Å². The predicted molar refractivity (Wildman–Crippen MR) is 86.3 cm³/mol. The van der Waals surface area contributed by atoms with Crippen molar-refractivity contribution in [1.29, 1.82) is 0 Å². The number of hydrogen-bond donors (Lipinski definition) is 1. The number of ketones is 2. The van der Waals surface area contributed by atoms with Gasteiger partial charge in [-0.05, 0) is 17.7 Å². The van der Waals surface area contributed by atoms with Crippen LogP contribution in [0.3, 0.4) is 0 Å². The number of carbonyl (C=O) groups is 2. The number of nitro groups is 1. The second-order valence-electron chi connectivity index (χ2n) is 5.59. The number of aliphatic hydroxyl groups excluding tert-OH is 1. The van der Waals surface area contributed by atoms with Crippen LogP contribution in [0.5, 0.6) is 0 Å². The first-order chi connectivity index (χ1) is 11.9. The molecule has 1 unspecified atom stereocenters. The zero-order valence-corrected chi connectivity index (χ0v) is 12.8. The summed E-state index contributed by atoms with van der Waals surface area (Å²) in [7, 11) is 0. The predicted octanol–water partition coefficient (Wildman–Crippen LogP) is 2.92. The van der Waals surface area contributed by atoms with Gasteiger partial charge in [-0.15, -0.1) is 0 Å². The second-order valence-corrected chi connectivity index (χ2v) is 5.59. The highest BCUT2D eigenvalue weighted by atomic mass is 19.1. The van der Waals surface area contributed by atoms with Crippen molar-refractivity contribution < 1.29 is 24.0 Å². The van der Waals surface area contributed by atoms with E-state index in [2.05, 4.69) is 0 Å². The van der Waals surface area contributed by atoms with E-state index in [-0.39, 0.29) is 22.3 Å². The van der Waals surface area contributed by atoms with E-state index in [1.165, 1.54) is 24.3 Å². The Hall–Kier alpha value is -3.35. The monoisotopic (exact) mass is 341 g/mol. The lowest BCUT2D eigenvalue weighted by molar-refractivity contribution is -0.481. The minimum atomic E-state index is -1.17. The van der Waals surface area contributed by atoms with E-state index >= 15 is 0 Å². The van der Waals surface area contributed by atoms with E-state index in [0.717, 1.165) is 12.1 Å². The Kier molecular flexibility index (Phi) is 4.14. The summed E-state index contributed by atoms with van der Waals surface area (Å²) in [6, 6.07) is 10.8. The summed E-state index contributed by atoms with van der Waals surface area (Å²) in [5, 5.41) is 21.6. The largest absolute Gasteiger partial charge is 0.507 e. The van der Waals surface area contributed by atoms with Crippen LogP contribution < -0.4 is 0 Å². The van der Waals surface area contributed by atoms with Crippen LogP contribution in [0.1, 0.15) is 27.4 Å². The topological polar surface area (TPSA) is 97.5 Å². The van der Waals surface area contributed by atoms with Crippen molar-refractivity contribution in [3.05, 3.63) is 86.7 Å². The van der Waals surface area contributed by atoms with Crippen LogP contribution >= 0.6 is 0 Å². The normalized spacial score (nSPS) is 15.1. The molecule has 126 valence electrons. The molecule has 1 aliphatic rings. The number of halogens is 1. The molecular weight excluding hydrogens is 329 g/mol. The van der Waals surface area contributed by atoms with Crippen molar-refractivity contribution in [3.8, 4) is 0 Å². The van der Waals surface area contributed by atoms with E-state index in [1.54, 1.807) is 12.1 Å². The maximum atomic E-state index is 13.2. The van der Waals surface area contributed by atoms with Crippen LogP contribution in [0.25, 0.3) is 5.76 Å². The molecular formula is C18H12FNO5. The Morgan fingerprint density at radius 1 is 1.00 bits per heavy atom. The fourth-order valence-electron chi connectivity index (χ4n) is 2.92. The molecule has 7 heteroatoms. The third-order valence-electron chi connectivity index (χ3n) is 4.09. The minimum Gasteiger partial charge on any atom is -0.507 e. The van der Waals surface area contributed by atoms with Crippen LogP contribution in [0.2, 0.25) is 0 Å². The minimum absolute atomic E-state index is 0.0488. The number of carbonyl (C=O) groups excluding carboxylic acids is 2. The number of hydrogen-bond acceptors (Lipinski definition) is 5. The highest BCUT2D eigenvalue weighted by Crippen LogP contribution is 2.36. The molecule has 1 aliphatic carbocycles. The lowest BCUT2D eigenvalue weighted by Crippen LogP contribution is -2.30. The summed E-state index contributed by atoms with van der Waals surface area (Å²) in [5.74, 6) is -4.00. The van der Waals surface area contributed by atoms with Gasteiger partial charge in [0.25, 0.3) is 0 Å². The molecule has 25 heavy (non-hydrogen) atoms. The zero-order valence-electron chi connectivity index (χ0n) is 12.8. The molecule has 0 saturated heterocycles. The molecule has 0 heterocycles. The van der Waals surface area contributed by atoms with Gasteiger partial charge in [-0.2, -0.15) is 0 Å². The molecule has 6 nitrogen and oxygen atoms in total. The first-order valence-corrected chi connectivity index (χ1v) is 7.39. The first kappa shape index (κ1) is 16.5. The van der Waals surface area contributed by atoms with Gasteiger partial charge in [-0.1, -0.05) is 36.4 Å². The molecule has 0 saturated carbocycles. The first-order valence-electron chi connectivity index (χ1n) is 7.39. The van der Waals surface area contributed by atoms with Crippen molar-refractivity contribution in [3.63, 3.8) is 0 Å². The van der Waals surface area contributed by atoms with Gasteiger partial charge in [0.15, 0.2) is 0 Å². The Morgan fingerprint density at radius 2 is 1.60 bits per heavy atom. The van der Waals surface area contributed by atoms with Crippen LogP contribution in [-0.4, -0.2) is 28.1 Å². The van der Waals surface area contributed by atoms with Crippen LogP contribution in [0.15, 0.2) is 54.1 Å². The molecule has 0 aromatic heterocycles. The van der Waals surface area contributed by atoms with E-state index < -0.39 is 40.5 Å². The average Bonchev–Trinajstić information content (AvgIpc) is 2.59. The van der Waals surface area contributed by atoms with Crippen molar-refractivity contribution in [2.24, 2.45) is 0 Å².